The van der Waals surface area contributed by atoms with Gasteiger partial charge in [-0.3, -0.25) is 4.79 Å². The molecule has 3 nitrogen and oxygen atoms in total. The molecule has 2 N–H and O–H groups in total. The van der Waals surface area contributed by atoms with Crippen LogP contribution in [0.4, 0.5) is 0 Å². The zero-order valence-corrected chi connectivity index (χ0v) is 19.9. The molecule has 0 radical (unpaired) electrons. The first-order chi connectivity index (χ1) is 14.1. The van der Waals surface area contributed by atoms with Crippen LogP contribution in [0.5, 0.6) is 0 Å². The van der Waals surface area contributed by atoms with E-state index >= 15 is 0 Å². The summed E-state index contributed by atoms with van der Waals surface area (Å²) in [6.45, 7) is 11.8. The molecule has 0 aromatic heterocycles. The van der Waals surface area contributed by atoms with Gasteiger partial charge in [-0.1, -0.05) is 59.5 Å². The van der Waals surface area contributed by atoms with E-state index in [1.54, 1.807) is 0 Å². The van der Waals surface area contributed by atoms with Crippen molar-refractivity contribution in [1.29, 1.82) is 0 Å². The van der Waals surface area contributed by atoms with Crippen molar-refractivity contribution in [3.8, 4) is 0 Å². The van der Waals surface area contributed by atoms with Crippen LogP contribution in [-0.2, 0) is 4.79 Å². The molecule has 4 aliphatic rings. The van der Waals surface area contributed by atoms with Crippen LogP contribution in [0.15, 0.2) is 11.6 Å². The Morgan fingerprint density at radius 1 is 1.07 bits per heavy atom. The van der Waals surface area contributed by atoms with Crippen molar-refractivity contribution in [1.82, 2.24) is 0 Å². The van der Waals surface area contributed by atoms with Gasteiger partial charge in [0.2, 0.25) is 0 Å². The van der Waals surface area contributed by atoms with Crippen molar-refractivity contribution in [3.63, 3.8) is 0 Å². The number of hydrogen-bond donors (Lipinski definition) is 2. The van der Waals surface area contributed by atoms with E-state index in [1.807, 2.05) is 6.08 Å². The van der Waals surface area contributed by atoms with Gasteiger partial charge in [-0.15, -0.1) is 0 Å². The quantitative estimate of drug-likeness (QED) is 0.619. The van der Waals surface area contributed by atoms with Gasteiger partial charge in [0.25, 0.3) is 0 Å². The molecule has 30 heavy (non-hydrogen) atoms. The number of aliphatic hydroxyl groups excluding tert-OH is 2. The molecular weight excluding hydrogens is 372 g/mol. The number of ketones is 1. The predicted octanol–water partition coefficient (Wildman–Crippen LogP) is 5.54. The van der Waals surface area contributed by atoms with Gasteiger partial charge in [-0.05, 0) is 73.2 Å². The second kappa shape index (κ2) is 8.03. The van der Waals surface area contributed by atoms with Crippen LogP contribution in [0, 0.1) is 46.3 Å². The van der Waals surface area contributed by atoms with Gasteiger partial charge in [-0.25, -0.2) is 0 Å². The van der Waals surface area contributed by atoms with Crippen molar-refractivity contribution in [2.75, 3.05) is 0 Å². The number of carbonyl (C=O) groups is 1. The first-order valence-electron chi connectivity index (χ1n) is 12.7. The van der Waals surface area contributed by atoms with Crippen molar-refractivity contribution in [2.24, 2.45) is 46.3 Å². The lowest BCUT2D eigenvalue weighted by Gasteiger charge is -2.58. The Bertz CT molecular complexity index is 696. The number of aliphatic hydroxyl groups is 2. The van der Waals surface area contributed by atoms with Gasteiger partial charge >= 0.3 is 0 Å². The lowest BCUT2D eigenvalue weighted by molar-refractivity contribution is -0.143. The van der Waals surface area contributed by atoms with E-state index in [-0.39, 0.29) is 28.4 Å². The second-order valence-electron chi connectivity index (χ2n) is 12.2. The van der Waals surface area contributed by atoms with Crippen LogP contribution >= 0.6 is 0 Å². The highest BCUT2D eigenvalue weighted by molar-refractivity contribution is 5.94. The highest BCUT2D eigenvalue weighted by Gasteiger charge is 2.63. The minimum absolute atomic E-state index is 0.0651. The van der Waals surface area contributed by atoms with Crippen LogP contribution < -0.4 is 0 Å². The third-order valence-corrected chi connectivity index (χ3v) is 10.2. The number of allylic oxidation sites excluding steroid dienone is 1. The molecule has 170 valence electrons. The Balaban J connectivity index is 1.57. The zero-order valence-electron chi connectivity index (χ0n) is 19.9. The number of hydrogen-bond acceptors (Lipinski definition) is 3. The summed E-state index contributed by atoms with van der Waals surface area (Å²) in [5.74, 6) is 3.27. The van der Waals surface area contributed by atoms with Crippen molar-refractivity contribution < 1.29 is 15.0 Å². The van der Waals surface area contributed by atoms with Crippen LogP contribution in [0.25, 0.3) is 0 Å². The molecule has 0 aromatic rings. The van der Waals surface area contributed by atoms with E-state index in [0.29, 0.717) is 18.8 Å². The fraction of sp³-hybridized carbons (Fsp3) is 0.889. The largest absolute Gasteiger partial charge is 0.393 e. The molecule has 3 heteroatoms. The van der Waals surface area contributed by atoms with E-state index in [9.17, 15) is 15.0 Å². The number of carbonyl (C=O) groups excluding carboxylic acids is 1. The SMILES string of the molecule is CC(C)CCC[C@@H](C)[C@H]1CC[C@H]2[C@@H]3C(=O)C=C4C[C@@H](O)CC(O)[C@]4(C)[C@H]3CC[C@]12C. The standard InChI is InChI=1S/C27H44O3/c1-16(2)7-6-8-17(3)20-9-10-21-25-22(11-12-26(20,21)4)27(5)18(14-23(25)29)13-19(28)15-24(27)30/h14,16-17,19-22,24-25,28,30H,6-13,15H2,1-5H3/t17-,19-,20-,21+,22+,24?,25+,26-,27+/m1/s1. The molecule has 0 aromatic carbocycles. The van der Waals surface area contributed by atoms with Crippen molar-refractivity contribution in [3.05, 3.63) is 11.6 Å². The summed E-state index contributed by atoms with van der Waals surface area (Å²) in [4.78, 5) is 13.4. The van der Waals surface area contributed by atoms with E-state index in [1.165, 1.54) is 38.5 Å². The first-order valence-corrected chi connectivity index (χ1v) is 12.7. The van der Waals surface area contributed by atoms with E-state index in [0.717, 1.165) is 29.7 Å². The molecule has 4 aliphatic carbocycles. The molecule has 0 amide bonds. The van der Waals surface area contributed by atoms with E-state index < -0.39 is 12.2 Å². The van der Waals surface area contributed by atoms with E-state index in [2.05, 4.69) is 34.6 Å². The van der Waals surface area contributed by atoms with Crippen molar-refractivity contribution >= 4 is 5.78 Å². The average Bonchev–Trinajstić information content (AvgIpc) is 3.01. The summed E-state index contributed by atoms with van der Waals surface area (Å²) in [6.07, 6.45) is 10.4. The number of rotatable bonds is 5. The van der Waals surface area contributed by atoms with Gasteiger partial charge in [0, 0.05) is 17.8 Å². The Morgan fingerprint density at radius 2 is 1.80 bits per heavy atom. The molecule has 0 spiro atoms. The molecule has 3 saturated carbocycles. The third kappa shape index (κ3) is 3.43. The normalized spacial score (nSPS) is 46.8. The highest BCUT2D eigenvalue weighted by Crippen LogP contribution is 2.66. The molecule has 0 heterocycles. The van der Waals surface area contributed by atoms with Gasteiger partial charge in [-0.2, -0.15) is 0 Å². The fourth-order valence-corrected chi connectivity index (χ4v) is 8.48. The molecule has 4 rings (SSSR count). The molecule has 9 atom stereocenters. The molecule has 3 fully saturated rings. The zero-order chi connectivity index (χ0) is 21.8. The maximum atomic E-state index is 13.4. The molecule has 0 aliphatic heterocycles. The average molecular weight is 417 g/mol. The van der Waals surface area contributed by atoms with Crippen molar-refractivity contribution in [2.45, 2.75) is 105 Å². The van der Waals surface area contributed by atoms with Gasteiger partial charge in [0.1, 0.15) is 0 Å². The predicted molar refractivity (Wildman–Crippen MR) is 121 cm³/mol. The lowest BCUT2D eigenvalue weighted by Crippen LogP contribution is -2.58. The molecular formula is C27H44O3. The molecule has 1 unspecified atom stereocenters. The molecule has 0 bridgehead atoms. The van der Waals surface area contributed by atoms with Crippen LogP contribution in [0.2, 0.25) is 0 Å². The summed E-state index contributed by atoms with van der Waals surface area (Å²) in [6, 6.07) is 0. The Hall–Kier alpha value is -0.670. The topological polar surface area (TPSA) is 57.5 Å². The minimum Gasteiger partial charge on any atom is -0.393 e. The fourth-order valence-electron chi connectivity index (χ4n) is 8.48. The monoisotopic (exact) mass is 416 g/mol. The minimum atomic E-state index is -0.537. The smallest absolute Gasteiger partial charge is 0.159 e. The summed E-state index contributed by atoms with van der Waals surface area (Å²) < 4.78 is 0. The third-order valence-electron chi connectivity index (χ3n) is 10.2. The van der Waals surface area contributed by atoms with Crippen LogP contribution in [0.3, 0.4) is 0 Å². The Labute approximate surface area is 183 Å². The molecule has 0 saturated heterocycles. The van der Waals surface area contributed by atoms with Gasteiger partial charge in [0.05, 0.1) is 12.2 Å². The van der Waals surface area contributed by atoms with Crippen LogP contribution in [0.1, 0.15) is 92.4 Å². The number of fused-ring (bicyclic) bond motifs is 5. The maximum Gasteiger partial charge on any atom is 0.159 e. The summed E-state index contributed by atoms with van der Waals surface area (Å²) in [5.41, 5.74) is 0.940. The van der Waals surface area contributed by atoms with E-state index in [4.69, 9.17) is 0 Å². The lowest BCUT2D eigenvalue weighted by atomic mass is 9.46. The Kier molecular flexibility index (Phi) is 6.03. The summed E-state index contributed by atoms with van der Waals surface area (Å²) in [7, 11) is 0. The summed E-state index contributed by atoms with van der Waals surface area (Å²) in [5, 5.41) is 21.2. The van der Waals surface area contributed by atoms with Gasteiger partial charge in [0.15, 0.2) is 5.78 Å². The maximum absolute atomic E-state index is 13.4. The summed E-state index contributed by atoms with van der Waals surface area (Å²) >= 11 is 0. The Morgan fingerprint density at radius 3 is 2.50 bits per heavy atom. The van der Waals surface area contributed by atoms with Crippen LogP contribution in [-0.4, -0.2) is 28.2 Å². The van der Waals surface area contributed by atoms with Gasteiger partial charge < -0.3 is 10.2 Å². The first kappa shape index (κ1) is 22.5. The highest BCUT2D eigenvalue weighted by atomic mass is 16.3. The second-order valence-corrected chi connectivity index (χ2v) is 12.2.